The molecule has 6 nitrogen and oxygen atoms in total. The summed E-state index contributed by atoms with van der Waals surface area (Å²) >= 11 is 5.90. The van der Waals surface area contributed by atoms with Gasteiger partial charge in [-0.25, -0.2) is 4.99 Å². The van der Waals surface area contributed by atoms with Gasteiger partial charge in [-0.1, -0.05) is 0 Å². The molecule has 0 aromatic rings. The molecule has 4 rings (SSSR count). The van der Waals surface area contributed by atoms with Gasteiger partial charge in [0.05, 0.1) is 5.54 Å². The summed E-state index contributed by atoms with van der Waals surface area (Å²) in [5, 5.41) is 3.69. The van der Waals surface area contributed by atoms with Gasteiger partial charge in [-0.2, -0.15) is 0 Å². The minimum atomic E-state index is -0.126. The van der Waals surface area contributed by atoms with Crippen LogP contribution in [0.3, 0.4) is 0 Å². The number of aliphatic imine (C=N–C) groups is 1. The molecule has 0 unspecified atom stereocenters. The number of nitrogens with two attached hydrogens (primary N) is 3. The summed E-state index contributed by atoms with van der Waals surface area (Å²) in [4.78, 5) is 4.69. The first-order valence-corrected chi connectivity index (χ1v) is 7.20. The van der Waals surface area contributed by atoms with Gasteiger partial charge in [0.15, 0.2) is 0 Å². The molecule has 0 radical (unpaired) electrons. The van der Waals surface area contributed by atoms with E-state index in [1.165, 1.54) is 19.3 Å². The number of hydrogen-bond donors (Lipinski definition) is 3. The van der Waals surface area contributed by atoms with Crippen molar-refractivity contribution in [3.63, 3.8) is 0 Å². The predicted octanol–water partition coefficient (Wildman–Crippen LogP) is 0.914. The number of halogens is 1. The molecule has 6 N–H and O–H groups in total. The number of nitrogens with zero attached hydrogens (tertiary/aromatic N) is 3. The smallest absolute Gasteiger partial charge is 0.229 e. The van der Waals surface area contributed by atoms with Crippen LogP contribution in [0.1, 0.15) is 38.5 Å². The van der Waals surface area contributed by atoms with E-state index in [1.54, 1.807) is 0 Å². The summed E-state index contributed by atoms with van der Waals surface area (Å²) < 4.78 is 0.952. The van der Waals surface area contributed by atoms with Crippen LogP contribution in [0.2, 0.25) is 0 Å². The van der Waals surface area contributed by atoms with E-state index >= 15 is 0 Å². The van der Waals surface area contributed by atoms with Crippen LogP contribution in [0.5, 0.6) is 0 Å². The molecule has 4 aliphatic carbocycles. The molecule has 7 heteroatoms. The maximum atomic E-state index is 5.91. The zero-order valence-corrected chi connectivity index (χ0v) is 11.7. The topological polar surface area (TPSA) is 106 Å². The van der Waals surface area contributed by atoms with Crippen molar-refractivity contribution < 1.29 is 0 Å². The highest BCUT2D eigenvalue weighted by atomic mass is 35.5. The molecule has 0 amide bonds. The number of hydrogen-bond acceptors (Lipinski definition) is 2. The van der Waals surface area contributed by atoms with Gasteiger partial charge in [-0.15, -0.1) is 9.63 Å². The summed E-state index contributed by atoms with van der Waals surface area (Å²) in [6.45, 7) is 0. The highest BCUT2D eigenvalue weighted by Crippen LogP contribution is 2.57. The highest BCUT2D eigenvalue weighted by molar-refractivity contribution is 6.21. The summed E-state index contributed by atoms with van der Waals surface area (Å²) in [6.07, 6.45) is 7.50. The molecule has 0 saturated heterocycles. The van der Waals surface area contributed by atoms with Crippen molar-refractivity contribution in [1.29, 1.82) is 0 Å². The third kappa shape index (κ3) is 2.45. The van der Waals surface area contributed by atoms with E-state index in [-0.39, 0.29) is 17.5 Å². The van der Waals surface area contributed by atoms with Gasteiger partial charge in [-0.3, -0.25) is 0 Å². The lowest BCUT2D eigenvalue weighted by atomic mass is 9.53. The van der Waals surface area contributed by atoms with Gasteiger partial charge >= 0.3 is 0 Å². The van der Waals surface area contributed by atoms with E-state index < -0.39 is 0 Å². The fourth-order valence-corrected chi connectivity index (χ4v) is 4.76. The monoisotopic (exact) mass is 284 g/mol. The molecule has 4 fully saturated rings. The van der Waals surface area contributed by atoms with Crippen molar-refractivity contribution in [3.05, 3.63) is 0 Å². The normalized spacial score (nSPS) is 40.3. The van der Waals surface area contributed by atoms with Crippen LogP contribution < -0.4 is 17.2 Å². The molecule has 19 heavy (non-hydrogen) atoms. The molecule has 106 valence electrons. The number of hydrazone groups is 1. The SMILES string of the molecule is NC(N)=NN(Cl)C(N)=NC12CC3CC(CC(C3)C1)C2. The van der Waals surface area contributed by atoms with Crippen molar-refractivity contribution in [2.45, 2.75) is 44.1 Å². The number of rotatable bonds is 2. The molecular weight excluding hydrogens is 264 g/mol. The molecule has 0 aromatic carbocycles. The Hall–Kier alpha value is -1.17. The second kappa shape index (κ2) is 4.44. The van der Waals surface area contributed by atoms with Crippen LogP contribution in [0.15, 0.2) is 10.1 Å². The van der Waals surface area contributed by atoms with E-state index in [2.05, 4.69) is 5.10 Å². The first kappa shape index (κ1) is 12.8. The van der Waals surface area contributed by atoms with Crippen molar-refractivity contribution in [1.82, 2.24) is 4.53 Å². The lowest BCUT2D eigenvalue weighted by molar-refractivity contribution is 0.00126. The highest BCUT2D eigenvalue weighted by Gasteiger charge is 2.51. The third-order valence-electron chi connectivity index (χ3n) is 4.75. The van der Waals surface area contributed by atoms with Gasteiger partial charge in [0.1, 0.15) is 0 Å². The Morgan fingerprint density at radius 1 is 1.00 bits per heavy atom. The Kier molecular flexibility index (Phi) is 3.00. The van der Waals surface area contributed by atoms with Crippen molar-refractivity contribution >= 4 is 23.7 Å². The fourth-order valence-electron chi connectivity index (χ4n) is 4.64. The standard InChI is InChI=1S/C12H21ClN6/c13-19(18-10(14)15)11(16)17-12-4-7-1-8(5-12)3-9(2-7)6-12/h7-9H,1-6H2,(H2,16,17)(H4,14,15,18). The average Bonchev–Trinajstić information content (AvgIpc) is 2.24. The first-order valence-electron chi connectivity index (χ1n) is 6.86. The molecule has 0 aromatic heterocycles. The lowest BCUT2D eigenvalue weighted by Gasteiger charge is -2.54. The molecule has 4 saturated carbocycles. The zero-order valence-electron chi connectivity index (χ0n) is 10.9. The zero-order chi connectivity index (χ0) is 13.6. The van der Waals surface area contributed by atoms with Crippen molar-refractivity contribution in [2.75, 3.05) is 0 Å². The van der Waals surface area contributed by atoms with E-state index in [1.807, 2.05) is 0 Å². The van der Waals surface area contributed by atoms with Gasteiger partial charge in [-0.05, 0) is 56.3 Å². The predicted molar refractivity (Wildman–Crippen MR) is 76.0 cm³/mol. The molecule has 0 spiro atoms. The van der Waals surface area contributed by atoms with Crippen LogP contribution in [0.25, 0.3) is 0 Å². The van der Waals surface area contributed by atoms with E-state index in [9.17, 15) is 0 Å². The Labute approximate surface area is 118 Å². The van der Waals surface area contributed by atoms with Gasteiger partial charge in [0.2, 0.25) is 11.9 Å². The summed E-state index contributed by atoms with van der Waals surface area (Å²) in [7, 11) is 0. The Balaban J connectivity index is 1.80. The average molecular weight is 285 g/mol. The van der Waals surface area contributed by atoms with Crippen LogP contribution in [0, 0.1) is 17.8 Å². The van der Waals surface area contributed by atoms with Crippen molar-refractivity contribution in [2.24, 2.45) is 45.0 Å². The van der Waals surface area contributed by atoms with Gasteiger partial charge in [0, 0.05) is 11.8 Å². The molecule has 0 heterocycles. The molecule has 0 atom stereocenters. The Morgan fingerprint density at radius 2 is 1.47 bits per heavy atom. The summed E-state index contributed by atoms with van der Waals surface area (Å²) in [6, 6.07) is 0. The first-order chi connectivity index (χ1) is 8.96. The van der Waals surface area contributed by atoms with Crippen molar-refractivity contribution in [3.8, 4) is 0 Å². The summed E-state index contributed by atoms with van der Waals surface area (Å²) in [5.74, 6) is 2.51. The van der Waals surface area contributed by atoms with Crippen LogP contribution in [-0.4, -0.2) is 22.0 Å². The Bertz CT molecular complexity index is 393. The van der Waals surface area contributed by atoms with Crippen LogP contribution in [0.4, 0.5) is 0 Å². The van der Waals surface area contributed by atoms with Crippen LogP contribution in [-0.2, 0) is 0 Å². The lowest BCUT2D eigenvalue weighted by Crippen LogP contribution is -2.50. The Morgan fingerprint density at radius 3 is 1.89 bits per heavy atom. The third-order valence-corrected chi connectivity index (χ3v) is 5.00. The van der Waals surface area contributed by atoms with Gasteiger partial charge < -0.3 is 17.2 Å². The number of guanidine groups is 2. The second-order valence-corrected chi connectivity index (χ2v) is 6.72. The van der Waals surface area contributed by atoms with E-state index in [0.717, 1.165) is 41.5 Å². The maximum absolute atomic E-state index is 5.91. The summed E-state index contributed by atoms with van der Waals surface area (Å²) in [5.41, 5.74) is 16.5. The fraction of sp³-hybridized carbons (Fsp3) is 0.833. The molecule has 4 bridgehead atoms. The minimum absolute atomic E-state index is 0.0230. The minimum Gasteiger partial charge on any atom is -0.369 e. The van der Waals surface area contributed by atoms with Crippen LogP contribution >= 0.6 is 11.8 Å². The molecular formula is C12H21ClN6. The van der Waals surface area contributed by atoms with E-state index in [0.29, 0.717) is 0 Å². The molecule has 0 aliphatic heterocycles. The van der Waals surface area contributed by atoms with Gasteiger partial charge in [0.25, 0.3) is 0 Å². The second-order valence-electron chi connectivity index (χ2n) is 6.40. The maximum Gasteiger partial charge on any atom is 0.229 e. The molecule has 4 aliphatic rings. The quantitative estimate of drug-likeness (QED) is 0.303. The largest absolute Gasteiger partial charge is 0.369 e. The van der Waals surface area contributed by atoms with E-state index in [4.69, 9.17) is 34.0 Å².